The summed E-state index contributed by atoms with van der Waals surface area (Å²) in [6.45, 7) is 5.07. The van der Waals surface area contributed by atoms with E-state index in [-0.39, 0.29) is 0 Å². The van der Waals surface area contributed by atoms with Crippen LogP contribution in [0.5, 0.6) is 5.19 Å². The second-order valence-corrected chi connectivity index (χ2v) is 6.57. The van der Waals surface area contributed by atoms with E-state index < -0.39 is 0 Å². The standard InChI is InChI=1S/C15H16Cl2N2O2S/c16-12-2-1-11(9-13(12)17)14-10-22-15(18-14)21-8-5-19-3-6-20-7-4-19/h1-2,9-10H,3-8H2. The molecular formula is C15H16Cl2N2O2S. The van der Waals surface area contributed by atoms with Gasteiger partial charge in [0.2, 0.25) is 0 Å². The van der Waals surface area contributed by atoms with Crippen LogP contribution < -0.4 is 4.74 Å². The molecule has 1 aromatic heterocycles. The average Bonchev–Trinajstić information content (AvgIpc) is 3.00. The summed E-state index contributed by atoms with van der Waals surface area (Å²) in [5, 5.41) is 3.71. The molecule has 1 fully saturated rings. The lowest BCUT2D eigenvalue weighted by atomic mass is 10.2. The Balaban J connectivity index is 1.55. The smallest absolute Gasteiger partial charge is 0.273 e. The summed E-state index contributed by atoms with van der Waals surface area (Å²) in [5.74, 6) is 0. The summed E-state index contributed by atoms with van der Waals surface area (Å²) in [4.78, 5) is 6.82. The molecule has 1 aliphatic rings. The Morgan fingerprint density at radius 1 is 1.23 bits per heavy atom. The van der Waals surface area contributed by atoms with Crippen LogP contribution in [0, 0.1) is 0 Å². The molecule has 1 aromatic carbocycles. The molecule has 0 amide bonds. The highest BCUT2D eigenvalue weighted by Crippen LogP contribution is 2.31. The maximum Gasteiger partial charge on any atom is 0.273 e. The molecule has 2 heterocycles. The SMILES string of the molecule is Clc1ccc(-c2csc(OCCN3CCOCC3)n2)cc1Cl. The molecule has 2 aromatic rings. The molecule has 0 bridgehead atoms. The summed E-state index contributed by atoms with van der Waals surface area (Å²) in [6.07, 6.45) is 0. The Labute approximate surface area is 143 Å². The predicted octanol–water partition coefficient (Wildman–Crippen LogP) is 3.83. The molecule has 0 unspecified atom stereocenters. The van der Waals surface area contributed by atoms with Gasteiger partial charge < -0.3 is 9.47 Å². The zero-order valence-corrected chi connectivity index (χ0v) is 14.3. The highest BCUT2D eigenvalue weighted by Gasteiger charge is 2.11. The van der Waals surface area contributed by atoms with Gasteiger partial charge in [-0.1, -0.05) is 40.6 Å². The fourth-order valence-electron chi connectivity index (χ4n) is 2.20. The first-order chi connectivity index (χ1) is 10.7. The number of thiazole rings is 1. The van der Waals surface area contributed by atoms with Crippen molar-refractivity contribution in [1.29, 1.82) is 0 Å². The lowest BCUT2D eigenvalue weighted by Crippen LogP contribution is -2.38. The minimum Gasteiger partial charge on any atom is -0.469 e. The van der Waals surface area contributed by atoms with Crippen molar-refractivity contribution in [3.8, 4) is 16.5 Å². The summed E-state index contributed by atoms with van der Waals surface area (Å²) in [6, 6.07) is 5.49. The van der Waals surface area contributed by atoms with E-state index >= 15 is 0 Å². The van der Waals surface area contributed by atoms with E-state index in [2.05, 4.69) is 9.88 Å². The van der Waals surface area contributed by atoms with Crippen molar-refractivity contribution in [2.24, 2.45) is 0 Å². The fraction of sp³-hybridized carbons (Fsp3) is 0.400. The number of hydrogen-bond donors (Lipinski definition) is 0. The first-order valence-electron chi connectivity index (χ1n) is 7.06. The zero-order valence-electron chi connectivity index (χ0n) is 11.9. The van der Waals surface area contributed by atoms with Crippen molar-refractivity contribution in [1.82, 2.24) is 9.88 Å². The van der Waals surface area contributed by atoms with Gasteiger partial charge in [-0.2, -0.15) is 0 Å². The topological polar surface area (TPSA) is 34.6 Å². The number of ether oxygens (including phenoxy) is 2. The molecule has 0 atom stereocenters. The van der Waals surface area contributed by atoms with Crippen molar-refractivity contribution in [2.75, 3.05) is 39.5 Å². The fourth-order valence-corrected chi connectivity index (χ4v) is 3.20. The van der Waals surface area contributed by atoms with Gasteiger partial charge in [0.1, 0.15) is 6.61 Å². The summed E-state index contributed by atoms with van der Waals surface area (Å²) >= 11 is 13.5. The van der Waals surface area contributed by atoms with E-state index in [9.17, 15) is 0 Å². The lowest BCUT2D eigenvalue weighted by molar-refractivity contribution is 0.0322. The predicted molar refractivity (Wildman–Crippen MR) is 90.3 cm³/mol. The third kappa shape index (κ3) is 4.12. The van der Waals surface area contributed by atoms with Gasteiger partial charge in [0.15, 0.2) is 0 Å². The Hall–Kier alpha value is -0.850. The highest BCUT2D eigenvalue weighted by atomic mass is 35.5. The van der Waals surface area contributed by atoms with Crippen molar-refractivity contribution >= 4 is 34.5 Å². The maximum atomic E-state index is 6.04. The minimum atomic E-state index is 0.530. The summed E-state index contributed by atoms with van der Waals surface area (Å²) in [5.41, 5.74) is 1.79. The number of nitrogens with zero attached hydrogens (tertiary/aromatic N) is 2. The summed E-state index contributed by atoms with van der Waals surface area (Å²) in [7, 11) is 0. The van der Waals surface area contributed by atoms with Gasteiger partial charge in [-0.05, 0) is 12.1 Å². The van der Waals surface area contributed by atoms with Crippen LogP contribution in [0.2, 0.25) is 10.0 Å². The highest BCUT2D eigenvalue weighted by molar-refractivity contribution is 7.11. The number of benzene rings is 1. The zero-order chi connectivity index (χ0) is 15.4. The van der Waals surface area contributed by atoms with Gasteiger partial charge in [0.05, 0.1) is 29.0 Å². The minimum absolute atomic E-state index is 0.530. The number of hydrogen-bond acceptors (Lipinski definition) is 5. The normalized spacial score (nSPS) is 15.9. The second kappa shape index (κ2) is 7.62. The molecule has 4 nitrogen and oxygen atoms in total. The van der Waals surface area contributed by atoms with Crippen LogP contribution in [0.1, 0.15) is 0 Å². The van der Waals surface area contributed by atoms with Crippen molar-refractivity contribution < 1.29 is 9.47 Å². The van der Waals surface area contributed by atoms with Crippen molar-refractivity contribution in [3.63, 3.8) is 0 Å². The molecule has 0 aliphatic carbocycles. The largest absolute Gasteiger partial charge is 0.469 e. The van der Waals surface area contributed by atoms with Gasteiger partial charge in [-0.25, -0.2) is 4.98 Å². The van der Waals surface area contributed by atoms with E-state index in [1.54, 1.807) is 6.07 Å². The van der Waals surface area contributed by atoms with Gasteiger partial charge in [-0.15, -0.1) is 0 Å². The Morgan fingerprint density at radius 2 is 2.05 bits per heavy atom. The molecule has 3 rings (SSSR count). The van der Waals surface area contributed by atoms with E-state index in [4.69, 9.17) is 32.7 Å². The van der Waals surface area contributed by atoms with Crippen molar-refractivity contribution in [3.05, 3.63) is 33.6 Å². The van der Waals surface area contributed by atoms with Crippen LogP contribution in [-0.2, 0) is 4.74 Å². The third-order valence-corrected chi connectivity index (χ3v) is 4.93. The molecule has 0 N–H and O–H groups in total. The van der Waals surface area contributed by atoms with Crippen LogP contribution in [0.4, 0.5) is 0 Å². The van der Waals surface area contributed by atoms with Crippen molar-refractivity contribution in [2.45, 2.75) is 0 Å². The van der Waals surface area contributed by atoms with E-state index in [1.165, 1.54) is 11.3 Å². The van der Waals surface area contributed by atoms with E-state index in [0.29, 0.717) is 21.8 Å². The molecular weight excluding hydrogens is 343 g/mol. The Bertz CT molecular complexity index is 630. The number of halogens is 2. The van der Waals surface area contributed by atoms with Crippen LogP contribution in [0.25, 0.3) is 11.3 Å². The average molecular weight is 359 g/mol. The number of rotatable bonds is 5. The molecule has 118 valence electrons. The molecule has 1 saturated heterocycles. The van der Waals surface area contributed by atoms with Crippen LogP contribution >= 0.6 is 34.5 Å². The van der Waals surface area contributed by atoms with Crippen LogP contribution in [0.3, 0.4) is 0 Å². The maximum absolute atomic E-state index is 6.04. The molecule has 1 aliphatic heterocycles. The van der Waals surface area contributed by atoms with Crippen LogP contribution in [-0.4, -0.2) is 49.3 Å². The lowest BCUT2D eigenvalue weighted by Gasteiger charge is -2.26. The molecule has 0 radical (unpaired) electrons. The summed E-state index contributed by atoms with van der Waals surface area (Å²) < 4.78 is 11.1. The molecule has 0 spiro atoms. The van der Waals surface area contributed by atoms with Crippen LogP contribution in [0.15, 0.2) is 23.6 Å². The molecule has 0 saturated carbocycles. The molecule has 7 heteroatoms. The van der Waals surface area contributed by atoms with Gasteiger partial charge in [0, 0.05) is 30.6 Å². The molecule has 22 heavy (non-hydrogen) atoms. The monoisotopic (exact) mass is 358 g/mol. The van der Waals surface area contributed by atoms with Gasteiger partial charge in [-0.3, -0.25) is 4.90 Å². The van der Waals surface area contributed by atoms with E-state index in [0.717, 1.165) is 44.1 Å². The van der Waals surface area contributed by atoms with Gasteiger partial charge >= 0.3 is 0 Å². The second-order valence-electron chi connectivity index (χ2n) is 4.93. The Morgan fingerprint density at radius 3 is 2.82 bits per heavy atom. The van der Waals surface area contributed by atoms with E-state index in [1.807, 2.05) is 17.5 Å². The Kier molecular flexibility index (Phi) is 5.55. The number of morpholine rings is 1. The van der Waals surface area contributed by atoms with Gasteiger partial charge in [0.25, 0.3) is 5.19 Å². The first-order valence-corrected chi connectivity index (χ1v) is 8.70. The quantitative estimate of drug-likeness (QED) is 0.813. The first kappa shape index (κ1) is 16.0. The number of aromatic nitrogens is 1. The third-order valence-electron chi connectivity index (χ3n) is 3.44.